The number of amides is 2. The van der Waals surface area contributed by atoms with Crippen LogP contribution in [0.1, 0.15) is 67.9 Å². The molecule has 0 aromatic carbocycles. The van der Waals surface area contributed by atoms with Gasteiger partial charge in [-0.3, -0.25) is 0 Å². The second-order valence-electron chi connectivity index (χ2n) is 9.75. The number of rotatable bonds is 2. The summed E-state index contributed by atoms with van der Waals surface area (Å²) in [5.74, 6) is -0.680. The largest absolute Gasteiger partial charge is 0.391 e. The number of nitrogens with zero attached hydrogens (tertiary/aromatic N) is 5. The summed E-state index contributed by atoms with van der Waals surface area (Å²) < 4.78 is 41.0. The molecule has 0 N–H and O–H groups in total. The Hall–Kier alpha value is -2.32. The Bertz CT molecular complexity index is 978. The Balaban J connectivity index is 1.62. The van der Waals surface area contributed by atoms with E-state index >= 15 is 0 Å². The van der Waals surface area contributed by atoms with Crippen molar-refractivity contribution in [2.45, 2.75) is 64.0 Å². The van der Waals surface area contributed by atoms with Gasteiger partial charge in [-0.1, -0.05) is 6.92 Å². The van der Waals surface area contributed by atoms with Crippen LogP contribution >= 0.6 is 0 Å². The average Bonchev–Trinajstić information content (AvgIpc) is 3.16. The zero-order valence-electron chi connectivity index (χ0n) is 19.2. The molecule has 0 spiro atoms. The molecule has 2 atom stereocenters. The van der Waals surface area contributed by atoms with Crippen LogP contribution < -0.4 is 0 Å². The molecule has 4 rings (SSSR count). The van der Waals surface area contributed by atoms with Crippen molar-refractivity contribution in [2.75, 3.05) is 27.2 Å². The normalized spacial score (nSPS) is 27.0. The zero-order chi connectivity index (χ0) is 23.2. The Morgan fingerprint density at radius 1 is 1.12 bits per heavy atom. The van der Waals surface area contributed by atoms with Gasteiger partial charge in [-0.15, -0.1) is 0 Å². The van der Waals surface area contributed by atoms with E-state index < -0.39 is 12.1 Å². The van der Waals surface area contributed by atoms with Gasteiger partial charge < -0.3 is 9.80 Å². The summed E-state index contributed by atoms with van der Waals surface area (Å²) in [5, 5.41) is 4.84. The summed E-state index contributed by atoms with van der Waals surface area (Å²) in [6, 6.07) is 3.98. The molecule has 3 heterocycles. The van der Waals surface area contributed by atoms with Crippen LogP contribution in [0.25, 0.3) is 5.65 Å². The Morgan fingerprint density at radius 3 is 2.44 bits per heavy atom. The minimum atomic E-state index is -4.11. The first-order valence-electron chi connectivity index (χ1n) is 11.4. The van der Waals surface area contributed by atoms with E-state index in [-0.39, 0.29) is 30.7 Å². The van der Waals surface area contributed by atoms with Crippen LogP contribution in [-0.4, -0.2) is 63.8 Å². The molecule has 2 aromatic rings. The molecule has 2 aromatic heterocycles. The number of aryl methyl sites for hydroxylation is 1. The van der Waals surface area contributed by atoms with Crippen molar-refractivity contribution in [2.24, 2.45) is 11.8 Å². The van der Waals surface area contributed by atoms with E-state index in [9.17, 15) is 18.0 Å². The monoisotopic (exact) mass is 451 g/mol. The van der Waals surface area contributed by atoms with Gasteiger partial charge in [0.1, 0.15) is 0 Å². The highest BCUT2D eigenvalue weighted by Crippen LogP contribution is 2.43. The molecular weight excluding hydrogens is 419 g/mol. The minimum absolute atomic E-state index is 0.00602. The van der Waals surface area contributed by atoms with Gasteiger partial charge in [-0.2, -0.15) is 18.3 Å². The number of piperidine rings is 1. The molecule has 1 saturated heterocycles. The number of carbonyl (C=O) groups is 1. The third kappa shape index (κ3) is 4.43. The first kappa shape index (κ1) is 22.9. The topological polar surface area (TPSA) is 53.7 Å². The first-order chi connectivity index (χ1) is 15.0. The molecule has 6 nitrogen and oxygen atoms in total. The van der Waals surface area contributed by atoms with Gasteiger partial charge in [0, 0.05) is 50.8 Å². The van der Waals surface area contributed by atoms with E-state index in [1.54, 1.807) is 19.0 Å². The fraction of sp³-hybridized carbons (Fsp3) is 0.696. The van der Waals surface area contributed by atoms with Crippen LogP contribution in [0.4, 0.5) is 18.0 Å². The van der Waals surface area contributed by atoms with Crippen molar-refractivity contribution in [3.05, 3.63) is 29.2 Å². The van der Waals surface area contributed by atoms with Crippen LogP contribution in [0.15, 0.2) is 12.1 Å². The molecule has 2 aliphatic rings. The number of likely N-dealkylation sites (tertiary alicyclic amines) is 1. The molecule has 2 amide bonds. The molecule has 1 aliphatic carbocycles. The summed E-state index contributed by atoms with van der Waals surface area (Å²) in [5.41, 5.74) is 3.46. The SMILES string of the molecule is Cc1cc([C@H]2CN(C(=O)N(C)C)CC[C@@H]2C)n2nc(C3CCC(C(F)(F)F)CC3)cc2n1. The molecule has 176 valence electrons. The van der Waals surface area contributed by atoms with Crippen LogP contribution in [-0.2, 0) is 0 Å². The van der Waals surface area contributed by atoms with Crippen LogP contribution in [0, 0.1) is 18.8 Å². The lowest BCUT2D eigenvalue weighted by atomic mass is 9.80. The molecule has 32 heavy (non-hydrogen) atoms. The maximum atomic E-state index is 13.1. The fourth-order valence-corrected chi connectivity index (χ4v) is 5.24. The van der Waals surface area contributed by atoms with E-state index in [1.165, 1.54) is 0 Å². The van der Waals surface area contributed by atoms with E-state index in [0.717, 1.165) is 35.7 Å². The van der Waals surface area contributed by atoms with Crippen LogP contribution in [0.5, 0.6) is 0 Å². The van der Waals surface area contributed by atoms with Gasteiger partial charge in [0.2, 0.25) is 0 Å². The van der Waals surface area contributed by atoms with E-state index in [2.05, 4.69) is 11.9 Å². The number of hydrogen-bond acceptors (Lipinski definition) is 3. The second kappa shape index (κ2) is 8.56. The van der Waals surface area contributed by atoms with Gasteiger partial charge in [-0.05, 0) is 51.0 Å². The molecule has 0 bridgehead atoms. The van der Waals surface area contributed by atoms with Crippen LogP contribution in [0.3, 0.4) is 0 Å². The van der Waals surface area contributed by atoms with Crippen molar-refractivity contribution in [1.29, 1.82) is 0 Å². The lowest BCUT2D eigenvalue weighted by Gasteiger charge is -2.38. The van der Waals surface area contributed by atoms with E-state index in [0.29, 0.717) is 25.3 Å². The third-order valence-electron chi connectivity index (χ3n) is 7.20. The van der Waals surface area contributed by atoms with Crippen LogP contribution in [0.2, 0.25) is 0 Å². The minimum Gasteiger partial charge on any atom is -0.331 e. The molecular formula is C23H32F3N5O. The predicted molar refractivity (Wildman–Crippen MR) is 116 cm³/mol. The third-order valence-corrected chi connectivity index (χ3v) is 7.20. The van der Waals surface area contributed by atoms with Crippen molar-refractivity contribution in [3.8, 4) is 0 Å². The standard InChI is InChI=1S/C23H32F3N5O/c1-14-9-10-30(22(32)29(3)4)13-18(14)20-11-15(2)27-21-12-19(28-31(20)21)16-5-7-17(8-6-16)23(24,25)26/h11-12,14,16-18H,5-10,13H2,1-4H3/t14-,16?,17?,18-/m0/s1. The lowest BCUT2D eigenvalue weighted by molar-refractivity contribution is -0.182. The van der Waals surface area contributed by atoms with Gasteiger partial charge >= 0.3 is 12.2 Å². The number of aromatic nitrogens is 3. The molecule has 9 heteroatoms. The molecule has 1 aliphatic heterocycles. The van der Waals surface area contributed by atoms with E-state index in [1.807, 2.05) is 28.5 Å². The molecule has 0 unspecified atom stereocenters. The van der Waals surface area contributed by atoms with Gasteiger partial charge in [0.05, 0.1) is 17.3 Å². The smallest absolute Gasteiger partial charge is 0.331 e. The van der Waals surface area contributed by atoms with Gasteiger partial charge in [-0.25, -0.2) is 14.3 Å². The highest BCUT2D eigenvalue weighted by atomic mass is 19.4. The quantitative estimate of drug-likeness (QED) is 0.647. The number of hydrogen-bond donors (Lipinski definition) is 0. The molecule has 2 fully saturated rings. The lowest BCUT2D eigenvalue weighted by Crippen LogP contribution is -2.46. The number of fused-ring (bicyclic) bond motifs is 1. The maximum Gasteiger partial charge on any atom is 0.391 e. The van der Waals surface area contributed by atoms with Gasteiger partial charge in [0.25, 0.3) is 0 Å². The Kier molecular flexibility index (Phi) is 6.11. The maximum absolute atomic E-state index is 13.1. The molecule has 1 saturated carbocycles. The fourth-order valence-electron chi connectivity index (χ4n) is 5.24. The van der Waals surface area contributed by atoms with Crippen molar-refractivity contribution in [1.82, 2.24) is 24.4 Å². The summed E-state index contributed by atoms with van der Waals surface area (Å²) >= 11 is 0. The summed E-state index contributed by atoms with van der Waals surface area (Å²) in [6.45, 7) is 5.49. The summed E-state index contributed by atoms with van der Waals surface area (Å²) in [4.78, 5) is 20.7. The van der Waals surface area contributed by atoms with Gasteiger partial charge in [0.15, 0.2) is 5.65 Å². The number of halogens is 3. The Morgan fingerprint density at radius 2 is 1.81 bits per heavy atom. The zero-order valence-corrected chi connectivity index (χ0v) is 19.2. The highest BCUT2D eigenvalue weighted by Gasteiger charge is 2.42. The van der Waals surface area contributed by atoms with Crippen molar-refractivity contribution < 1.29 is 18.0 Å². The Labute approximate surface area is 186 Å². The molecule has 0 radical (unpaired) electrons. The van der Waals surface area contributed by atoms with Crippen molar-refractivity contribution >= 4 is 11.7 Å². The summed E-state index contributed by atoms with van der Waals surface area (Å²) in [7, 11) is 3.52. The predicted octanol–water partition coefficient (Wildman–Crippen LogP) is 4.98. The summed E-state index contributed by atoms with van der Waals surface area (Å²) in [6.07, 6.45) is -1.91. The first-order valence-corrected chi connectivity index (χ1v) is 11.4. The second-order valence-corrected chi connectivity index (χ2v) is 9.75. The van der Waals surface area contributed by atoms with Crippen molar-refractivity contribution in [3.63, 3.8) is 0 Å². The highest BCUT2D eigenvalue weighted by molar-refractivity contribution is 5.74. The number of carbonyl (C=O) groups excluding carboxylic acids is 1. The van der Waals surface area contributed by atoms with E-state index in [4.69, 9.17) is 5.10 Å². The number of alkyl halides is 3. The average molecular weight is 452 g/mol. The number of urea groups is 1.